The first-order valence-corrected chi connectivity index (χ1v) is 13.4. The summed E-state index contributed by atoms with van der Waals surface area (Å²) in [5.74, 6) is 5.75. The van der Waals surface area contributed by atoms with Crippen molar-refractivity contribution in [1.29, 1.82) is 0 Å². The molecule has 0 N–H and O–H groups in total. The summed E-state index contributed by atoms with van der Waals surface area (Å²) in [6.45, 7) is 18.9. The Morgan fingerprint density at radius 2 is 1.12 bits per heavy atom. The Bertz CT molecular complexity index is 819. The molecule has 2 aromatic rings. The maximum atomic E-state index is 2.38. The van der Waals surface area contributed by atoms with Crippen LogP contribution in [-0.4, -0.2) is 0 Å². The Morgan fingerprint density at radius 3 is 1.59 bits per heavy atom. The second-order valence-electron chi connectivity index (χ2n) is 11.9. The van der Waals surface area contributed by atoms with E-state index in [4.69, 9.17) is 0 Å². The van der Waals surface area contributed by atoms with Crippen molar-refractivity contribution in [2.45, 2.75) is 93.4 Å². The topological polar surface area (TPSA) is 0 Å². The molecule has 4 rings (SSSR count). The van der Waals surface area contributed by atoms with Gasteiger partial charge in [-0.1, -0.05) is 97.9 Å². The monoisotopic (exact) mass is 432 g/mol. The summed E-state index contributed by atoms with van der Waals surface area (Å²) in [5, 5.41) is 0. The van der Waals surface area contributed by atoms with Gasteiger partial charge in [-0.3, -0.25) is 0 Å². The van der Waals surface area contributed by atoms with E-state index in [1.807, 2.05) is 0 Å². The minimum atomic E-state index is 0.672. The predicted molar refractivity (Wildman–Crippen MR) is 141 cm³/mol. The molecule has 2 aromatic carbocycles. The molecule has 0 spiro atoms. The molecule has 0 aromatic heterocycles. The van der Waals surface area contributed by atoms with Crippen LogP contribution in [0.25, 0.3) is 0 Å². The second-order valence-corrected chi connectivity index (χ2v) is 11.9. The number of hydrogen-bond acceptors (Lipinski definition) is 0. The Balaban J connectivity index is 0.000000181. The largest absolute Gasteiger partial charge is 0.0625 e. The normalized spacial score (nSPS) is 22.6. The van der Waals surface area contributed by atoms with E-state index in [0.717, 1.165) is 35.5 Å². The number of rotatable bonds is 4. The van der Waals surface area contributed by atoms with Gasteiger partial charge in [-0.15, -0.1) is 0 Å². The lowest BCUT2D eigenvalue weighted by molar-refractivity contribution is 0.181. The molecule has 3 atom stereocenters. The number of benzene rings is 2. The van der Waals surface area contributed by atoms with Crippen LogP contribution in [0.3, 0.4) is 0 Å². The van der Waals surface area contributed by atoms with E-state index in [2.05, 4.69) is 97.9 Å². The highest BCUT2D eigenvalue weighted by molar-refractivity contribution is 5.39. The zero-order chi connectivity index (χ0) is 23.4. The third-order valence-electron chi connectivity index (χ3n) is 8.41. The molecule has 3 unspecified atom stereocenters. The van der Waals surface area contributed by atoms with Crippen molar-refractivity contribution in [3.63, 3.8) is 0 Å². The molecule has 2 aliphatic rings. The average molecular weight is 433 g/mol. The lowest BCUT2D eigenvalue weighted by Crippen LogP contribution is -2.32. The highest BCUT2D eigenvalue weighted by Gasteiger charge is 2.32. The number of hydrogen-bond donors (Lipinski definition) is 0. The summed E-state index contributed by atoms with van der Waals surface area (Å²) >= 11 is 0. The van der Waals surface area contributed by atoms with Gasteiger partial charge in [0.1, 0.15) is 0 Å². The smallest absolute Gasteiger partial charge is 0.0216 e. The van der Waals surface area contributed by atoms with Crippen LogP contribution in [0.1, 0.15) is 95.5 Å². The lowest BCUT2D eigenvalue weighted by atomic mass is 9.67. The summed E-state index contributed by atoms with van der Waals surface area (Å²) in [4.78, 5) is 0. The van der Waals surface area contributed by atoms with Crippen molar-refractivity contribution >= 4 is 0 Å². The van der Waals surface area contributed by atoms with Crippen LogP contribution in [-0.2, 0) is 25.7 Å². The lowest BCUT2D eigenvalue weighted by Gasteiger charge is -2.38. The van der Waals surface area contributed by atoms with Crippen molar-refractivity contribution < 1.29 is 0 Å². The average Bonchev–Trinajstić information content (AvgIpc) is 2.77. The van der Waals surface area contributed by atoms with Gasteiger partial charge in [-0.05, 0) is 101 Å². The van der Waals surface area contributed by atoms with E-state index < -0.39 is 0 Å². The molecule has 0 saturated heterocycles. The van der Waals surface area contributed by atoms with E-state index >= 15 is 0 Å². The van der Waals surface area contributed by atoms with Crippen LogP contribution in [0, 0.1) is 35.5 Å². The molecule has 0 radical (unpaired) electrons. The molecule has 0 heterocycles. The van der Waals surface area contributed by atoms with Crippen LogP contribution in [0.5, 0.6) is 0 Å². The molecular formula is C32H48. The van der Waals surface area contributed by atoms with Crippen LogP contribution in [0.15, 0.2) is 42.5 Å². The van der Waals surface area contributed by atoms with E-state index in [9.17, 15) is 0 Å². The zero-order valence-corrected chi connectivity index (χ0v) is 22.1. The van der Waals surface area contributed by atoms with Gasteiger partial charge < -0.3 is 0 Å². The third kappa shape index (κ3) is 5.86. The summed E-state index contributed by atoms with van der Waals surface area (Å²) in [7, 11) is 0. The maximum absolute atomic E-state index is 2.38. The van der Waals surface area contributed by atoms with Crippen molar-refractivity contribution in [2.24, 2.45) is 35.5 Å². The molecule has 176 valence electrons. The first-order chi connectivity index (χ1) is 15.2. The molecule has 32 heavy (non-hydrogen) atoms. The maximum Gasteiger partial charge on any atom is -0.0216 e. The fraction of sp³-hybridized carbons (Fsp3) is 0.625. The first-order valence-electron chi connectivity index (χ1n) is 13.4. The highest BCUT2D eigenvalue weighted by atomic mass is 14.4. The molecule has 0 fully saturated rings. The summed E-state index contributed by atoms with van der Waals surface area (Å²) in [5.41, 5.74) is 8.06. The third-order valence-corrected chi connectivity index (χ3v) is 8.41. The van der Waals surface area contributed by atoms with Crippen LogP contribution in [0.4, 0.5) is 0 Å². The Hall–Kier alpha value is -1.56. The fourth-order valence-corrected chi connectivity index (χ4v) is 6.20. The fourth-order valence-electron chi connectivity index (χ4n) is 6.20. The predicted octanol–water partition coefficient (Wildman–Crippen LogP) is 8.90. The van der Waals surface area contributed by atoms with Crippen molar-refractivity contribution in [1.82, 2.24) is 0 Å². The number of fused-ring (bicyclic) bond motifs is 2. The van der Waals surface area contributed by atoms with Gasteiger partial charge in [0.25, 0.3) is 0 Å². The van der Waals surface area contributed by atoms with Crippen LogP contribution >= 0.6 is 0 Å². The van der Waals surface area contributed by atoms with Gasteiger partial charge in [0.05, 0.1) is 0 Å². The summed E-state index contributed by atoms with van der Waals surface area (Å²) < 4.78 is 0. The van der Waals surface area contributed by atoms with Crippen molar-refractivity contribution in [3.05, 3.63) is 70.3 Å². The zero-order valence-electron chi connectivity index (χ0n) is 22.1. The molecule has 0 bridgehead atoms. The van der Waals surface area contributed by atoms with Gasteiger partial charge in [0, 0.05) is 0 Å². The van der Waals surface area contributed by atoms with Crippen LogP contribution < -0.4 is 0 Å². The van der Waals surface area contributed by atoms with Gasteiger partial charge in [-0.2, -0.15) is 0 Å². The Kier molecular flexibility index (Phi) is 8.65. The van der Waals surface area contributed by atoms with E-state index in [0.29, 0.717) is 5.92 Å². The molecule has 2 aliphatic carbocycles. The molecule has 0 heteroatoms. The Morgan fingerprint density at radius 1 is 0.594 bits per heavy atom. The Labute approximate surface area is 199 Å². The summed E-state index contributed by atoms with van der Waals surface area (Å²) in [6, 6.07) is 15.9. The van der Waals surface area contributed by atoms with Gasteiger partial charge >= 0.3 is 0 Å². The molecular weight excluding hydrogens is 384 g/mol. The van der Waals surface area contributed by atoms with Crippen LogP contribution in [0.2, 0.25) is 0 Å². The molecule has 0 saturated carbocycles. The van der Waals surface area contributed by atoms with Crippen molar-refractivity contribution in [2.75, 3.05) is 0 Å². The van der Waals surface area contributed by atoms with Gasteiger partial charge in [-0.25, -0.2) is 0 Å². The minimum Gasteiger partial charge on any atom is -0.0625 e. The second kappa shape index (κ2) is 11.0. The quantitative estimate of drug-likeness (QED) is 0.452. The highest BCUT2D eigenvalue weighted by Crippen LogP contribution is 2.38. The summed E-state index contributed by atoms with van der Waals surface area (Å²) in [6.07, 6.45) is 6.56. The van der Waals surface area contributed by atoms with E-state index in [-0.39, 0.29) is 0 Å². The van der Waals surface area contributed by atoms with E-state index in [1.54, 1.807) is 27.8 Å². The minimum absolute atomic E-state index is 0.672. The SMILES string of the molecule is CC(C)C1Cc2ccccc2CC1C(C)C.CC(C)c1cccc2c1CCC(C(C)C)C2. The molecule has 0 nitrogen and oxygen atoms in total. The van der Waals surface area contributed by atoms with Crippen molar-refractivity contribution in [3.8, 4) is 0 Å². The van der Waals surface area contributed by atoms with E-state index in [1.165, 1.54) is 32.1 Å². The molecule has 0 amide bonds. The first kappa shape index (κ1) is 25.1. The van der Waals surface area contributed by atoms with Gasteiger partial charge in [0.2, 0.25) is 0 Å². The standard InChI is InChI=1S/2C16H24/c1-11(2)13-8-9-16-14(10-13)6-5-7-15(16)12(3)4;1-11(2)15-9-13-7-5-6-8-14(13)10-16(15)12(3)4/h5-7,11-13H,8-10H2,1-4H3;5-8,11-12,15-16H,9-10H2,1-4H3. The molecule has 0 aliphatic heterocycles. The van der Waals surface area contributed by atoms with Gasteiger partial charge in [0.15, 0.2) is 0 Å².